The molecule has 4 heteroatoms. The largest absolute Gasteiger partial charge is 0.331 e. The van der Waals surface area contributed by atoms with E-state index in [-0.39, 0.29) is 5.91 Å². The van der Waals surface area contributed by atoms with Crippen LogP contribution in [0.25, 0.3) is 0 Å². The molecule has 120 valence electrons. The Labute approximate surface area is 141 Å². The third-order valence-corrected chi connectivity index (χ3v) is 5.61. The molecule has 2 aliphatic carbocycles. The number of aromatic nitrogens is 1. The Balaban J connectivity index is 1.84. The predicted molar refractivity (Wildman–Crippen MR) is 91.9 cm³/mol. The van der Waals surface area contributed by atoms with Crippen LogP contribution in [0.3, 0.4) is 0 Å². The minimum Gasteiger partial charge on any atom is -0.331 e. The molecule has 0 aromatic carbocycles. The van der Waals surface area contributed by atoms with Gasteiger partial charge < -0.3 is 4.90 Å². The first kappa shape index (κ1) is 16.0. The SMILES string of the molecule is O=C(c1cc(Br)ccn1)N(C1CCCCC1)C1CCCCC1. The number of pyridine rings is 1. The minimum absolute atomic E-state index is 0.139. The highest BCUT2D eigenvalue weighted by atomic mass is 79.9. The summed E-state index contributed by atoms with van der Waals surface area (Å²) in [4.78, 5) is 19.7. The van der Waals surface area contributed by atoms with Crippen molar-refractivity contribution in [2.75, 3.05) is 0 Å². The molecule has 1 aromatic heterocycles. The summed E-state index contributed by atoms with van der Waals surface area (Å²) in [6.07, 6.45) is 14.0. The van der Waals surface area contributed by atoms with Gasteiger partial charge >= 0.3 is 0 Å². The van der Waals surface area contributed by atoms with E-state index in [4.69, 9.17) is 0 Å². The molecule has 0 atom stereocenters. The summed E-state index contributed by atoms with van der Waals surface area (Å²) in [6, 6.07) is 4.58. The van der Waals surface area contributed by atoms with Gasteiger partial charge in [0.05, 0.1) is 0 Å². The Morgan fingerprint density at radius 1 is 1.00 bits per heavy atom. The molecule has 0 unspecified atom stereocenters. The smallest absolute Gasteiger partial charge is 0.272 e. The Kier molecular flexibility index (Phi) is 5.51. The van der Waals surface area contributed by atoms with E-state index in [0.29, 0.717) is 17.8 Å². The Morgan fingerprint density at radius 3 is 2.05 bits per heavy atom. The average molecular weight is 365 g/mol. The molecule has 0 radical (unpaired) electrons. The maximum Gasteiger partial charge on any atom is 0.272 e. The van der Waals surface area contributed by atoms with E-state index in [2.05, 4.69) is 25.8 Å². The maximum absolute atomic E-state index is 13.1. The van der Waals surface area contributed by atoms with E-state index in [1.54, 1.807) is 6.20 Å². The summed E-state index contributed by atoms with van der Waals surface area (Å²) in [5, 5.41) is 0. The fourth-order valence-corrected chi connectivity index (χ4v) is 4.34. The summed E-state index contributed by atoms with van der Waals surface area (Å²) in [7, 11) is 0. The first-order valence-electron chi connectivity index (χ1n) is 8.70. The second-order valence-corrected chi connectivity index (χ2v) is 7.57. The molecule has 2 saturated carbocycles. The number of carbonyl (C=O) groups is 1. The van der Waals surface area contributed by atoms with E-state index < -0.39 is 0 Å². The zero-order valence-corrected chi connectivity index (χ0v) is 14.7. The Morgan fingerprint density at radius 2 is 1.55 bits per heavy atom. The molecule has 0 aliphatic heterocycles. The zero-order chi connectivity index (χ0) is 15.4. The van der Waals surface area contributed by atoms with E-state index >= 15 is 0 Å². The van der Waals surface area contributed by atoms with Crippen LogP contribution in [0.1, 0.15) is 74.7 Å². The van der Waals surface area contributed by atoms with Crippen molar-refractivity contribution in [2.45, 2.75) is 76.3 Å². The monoisotopic (exact) mass is 364 g/mol. The number of hydrogen-bond donors (Lipinski definition) is 0. The van der Waals surface area contributed by atoms with Gasteiger partial charge in [-0.05, 0) is 37.8 Å². The molecule has 1 heterocycles. The van der Waals surface area contributed by atoms with E-state index in [0.717, 1.165) is 30.2 Å². The molecule has 3 nitrogen and oxygen atoms in total. The zero-order valence-electron chi connectivity index (χ0n) is 13.1. The van der Waals surface area contributed by atoms with Crippen LogP contribution in [-0.4, -0.2) is 27.9 Å². The van der Waals surface area contributed by atoms with Gasteiger partial charge in [-0.2, -0.15) is 0 Å². The van der Waals surface area contributed by atoms with E-state index in [1.165, 1.54) is 38.5 Å². The average Bonchev–Trinajstić information content (AvgIpc) is 2.57. The van der Waals surface area contributed by atoms with Gasteiger partial charge in [0.2, 0.25) is 0 Å². The number of halogens is 1. The predicted octanol–water partition coefficient (Wildman–Crippen LogP) is 4.95. The van der Waals surface area contributed by atoms with Crippen molar-refractivity contribution < 1.29 is 4.79 Å². The molecule has 1 aromatic rings. The summed E-state index contributed by atoms with van der Waals surface area (Å²) in [6.45, 7) is 0. The van der Waals surface area contributed by atoms with Gasteiger partial charge in [-0.3, -0.25) is 9.78 Å². The fourth-order valence-electron chi connectivity index (χ4n) is 4.00. The summed E-state index contributed by atoms with van der Waals surface area (Å²) in [5.41, 5.74) is 0.588. The number of carbonyl (C=O) groups excluding carboxylic acids is 1. The normalized spacial score (nSPS) is 20.8. The van der Waals surface area contributed by atoms with Crippen molar-refractivity contribution >= 4 is 21.8 Å². The fraction of sp³-hybridized carbons (Fsp3) is 0.667. The van der Waals surface area contributed by atoms with Gasteiger partial charge in [0.1, 0.15) is 5.69 Å². The molecule has 0 N–H and O–H groups in total. The number of nitrogens with zero attached hydrogens (tertiary/aromatic N) is 2. The van der Waals surface area contributed by atoms with E-state index in [1.807, 2.05) is 12.1 Å². The molecule has 3 rings (SSSR count). The Bertz CT molecular complexity index is 490. The highest BCUT2D eigenvalue weighted by Crippen LogP contribution is 2.31. The third kappa shape index (κ3) is 3.70. The number of hydrogen-bond acceptors (Lipinski definition) is 2. The first-order valence-corrected chi connectivity index (χ1v) is 9.49. The number of amides is 1. The van der Waals surface area contributed by atoms with Gasteiger partial charge in [0, 0.05) is 22.8 Å². The van der Waals surface area contributed by atoms with Crippen molar-refractivity contribution in [2.24, 2.45) is 0 Å². The highest BCUT2D eigenvalue weighted by molar-refractivity contribution is 9.10. The molecule has 0 spiro atoms. The topological polar surface area (TPSA) is 33.2 Å². The van der Waals surface area contributed by atoms with Crippen molar-refractivity contribution in [3.05, 3.63) is 28.5 Å². The van der Waals surface area contributed by atoms with Gasteiger partial charge in [-0.25, -0.2) is 0 Å². The summed E-state index contributed by atoms with van der Waals surface area (Å²) < 4.78 is 0.929. The van der Waals surface area contributed by atoms with Crippen LogP contribution in [-0.2, 0) is 0 Å². The summed E-state index contributed by atoms with van der Waals surface area (Å²) >= 11 is 3.46. The molecule has 1 amide bonds. The molecule has 2 fully saturated rings. The Hall–Kier alpha value is -0.900. The van der Waals surface area contributed by atoms with Gasteiger partial charge in [-0.15, -0.1) is 0 Å². The minimum atomic E-state index is 0.139. The van der Waals surface area contributed by atoms with Gasteiger partial charge in [0.15, 0.2) is 0 Å². The first-order chi connectivity index (χ1) is 10.8. The third-order valence-electron chi connectivity index (χ3n) is 5.11. The van der Waals surface area contributed by atoms with Gasteiger partial charge in [0.25, 0.3) is 5.91 Å². The maximum atomic E-state index is 13.1. The lowest BCUT2D eigenvalue weighted by Crippen LogP contribution is -2.49. The van der Waals surface area contributed by atoms with Crippen LogP contribution in [0.15, 0.2) is 22.8 Å². The second kappa shape index (κ2) is 7.58. The van der Waals surface area contributed by atoms with Crippen LogP contribution in [0.4, 0.5) is 0 Å². The molecular formula is C18H25BrN2O. The van der Waals surface area contributed by atoms with Crippen LogP contribution >= 0.6 is 15.9 Å². The second-order valence-electron chi connectivity index (χ2n) is 6.66. The van der Waals surface area contributed by atoms with Gasteiger partial charge in [-0.1, -0.05) is 54.5 Å². The molecule has 2 aliphatic rings. The highest BCUT2D eigenvalue weighted by Gasteiger charge is 2.33. The molecular weight excluding hydrogens is 340 g/mol. The van der Waals surface area contributed by atoms with Crippen LogP contribution in [0, 0.1) is 0 Å². The van der Waals surface area contributed by atoms with Crippen molar-refractivity contribution in [1.82, 2.24) is 9.88 Å². The summed E-state index contributed by atoms with van der Waals surface area (Å²) in [5.74, 6) is 0.139. The lowest BCUT2D eigenvalue weighted by molar-refractivity contribution is 0.0442. The van der Waals surface area contributed by atoms with Crippen LogP contribution in [0.5, 0.6) is 0 Å². The lowest BCUT2D eigenvalue weighted by atomic mass is 9.88. The van der Waals surface area contributed by atoms with Crippen molar-refractivity contribution in [3.63, 3.8) is 0 Å². The molecule has 22 heavy (non-hydrogen) atoms. The van der Waals surface area contributed by atoms with E-state index in [9.17, 15) is 4.79 Å². The van der Waals surface area contributed by atoms with Crippen molar-refractivity contribution in [3.8, 4) is 0 Å². The van der Waals surface area contributed by atoms with Crippen molar-refractivity contribution in [1.29, 1.82) is 0 Å². The van der Waals surface area contributed by atoms with Crippen LogP contribution in [0.2, 0.25) is 0 Å². The number of rotatable bonds is 3. The molecule has 0 bridgehead atoms. The quantitative estimate of drug-likeness (QED) is 0.759. The standard InChI is InChI=1S/C18H25BrN2O/c19-14-11-12-20-17(13-14)18(22)21(15-7-3-1-4-8-15)16-9-5-2-6-10-16/h11-13,15-16H,1-10H2. The lowest BCUT2D eigenvalue weighted by Gasteiger charge is -2.41. The molecule has 0 saturated heterocycles. The van der Waals surface area contributed by atoms with Crippen LogP contribution < -0.4 is 0 Å².